The summed E-state index contributed by atoms with van der Waals surface area (Å²) < 4.78 is 2.47. The number of aryl methyl sites for hydroxylation is 2. The van der Waals surface area contributed by atoms with E-state index in [0.717, 1.165) is 6.42 Å². The minimum absolute atomic E-state index is 1.08. The molecule has 0 atom stereocenters. The summed E-state index contributed by atoms with van der Waals surface area (Å²) in [6, 6.07) is 4.46. The van der Waals surface area contributed by atoms with Gasteiger partial charge >= 0.3 is 0 Å². The van der Waals surface area contributed by atoms with Gasteiger partial charge in [0.1, 0.15) is 0 Å². The summed E-state index contributed by atoms with van der Waals surface area (Å²) in [6.07, 6.45) is 4.75. The molecule has 0 heterocycles. The second-order valence-corrected chi connectivity index (χ2v) is 5.05. The Balaban J connectivity index is 2.92. The molecule has 0 N–H and O–H groups in total. The van der Waals surface area contributed by atoms with Gasteiger partial charge in [0.05, 0.1) is 0 Å². The Hall–Kier alpha value is 0.180. The van der Waals surface area contributed by atoms with Gasteiger partial charge in [0.25, 0.3) is 0 Å². The monoisotopic (exact) mass is 318 g/mol. The first-order valence-corrected chi connectivity index (χ1v) is 6.75. The average Bonchev–Trinajstić information content (AvgIpc) is 2.20. The second-order valence-electron chi connectivity index (χ2n) is 3.47. The molecule has 0 aliphatic rings. The summed E-state index contributed by atoms with van der Waals surface area (Å²) >= 11 is 7.29. The van der Waals surface area contributed by atoms with Crippen LogP contribution in [0.1, 0.15) is 37.8 Å². The highest BCUT2D eigenvalue weighted by Gasteiger charge is 2.07. The van der Waals surface area contributed by atoms with E-state index in [-0.39, 0.29) is 0 Å². The smallest absolute Gasteiger partial charge is 0.0352 e. The van der Waals surface area contributed by atoms with Crippen LogP contribution in [0.2, 0.25) is 0 Å². The van der Waals surface area contributed by atoms with E-state index in [2.05, 4.69) is 57.8 Å². The number of halogens is 2. The van der Waals surface area contributed by atoms with Gasteiger partial charge in [-0.2, -0.15) is 0 Å². The fraction of sp³-hybridized carbons (Fsp3) is 0.500. The molecule has 0 unspecified atom stereocenters. The summed E-state index contributed by atoms with van der Waals surface area (Å²) in [5.41, 5.74) is 2.79. The Morgan fingerprint density at radius 1 is 1.00 bits per heavy atom. The van der Waals surface area contributed by atoms with Crippen molar-refractivity contribution in [3.63, 3.8) is 0 Å². The highest BCUT2D eigenvalue weighted by atomic mass is 79.9. The Morgan fingerprint density at radius 2 is 1.57 bits per heavy atom. The molecule has 0 spiro atoms. The quantitative estimate of drug-likeness (QED) is 0.722. The molecular weight excluding hydrogens is 304 g/mol. The van der Waals surface area contributed by atoms with Gasteiger partial charge in [-0.3, -0.25) is 0 Å². The van der Waals surface area contributed by atoms with Crippen molar-refractivity contribution in [3.05, 3.63) is 32.2 Å². The molecule has 0 aliphatic heterocycles. The third kappa shape index (κ3) is 2.83. The Morgan fingerprint density at radius 3 is 2.14 bits per heavy atom. The van der Waals surface area contributed by atoms with Crippen molar-refractivity contribution in [1.82, 2.24) is 0 Å². The first kappa shape index (κ1) is 12.3. The Labute approximate surface area is 103 Å². The number of hydrogen-bond acceptors (Lipinski definition) is 0. The molecule has 14 heavy (non-hydrogen) atoms. The van der Waals surface area contributed by atoms with Crippen LogP contribution in [0.5, 0.6) is 0 Å². The van der Waals surface area contributed by atoms with E-state index in [9.17, 15) is 0 Å². The molecule has 0 saturated heterocycles. The molecule has 0 bridgehead atoms. The molecule has 2 heteroatoms. The number of rotatable bonds is 4. The predicted octanol–water partition coefficient (Wildman–Crippen LogP) is 5.12. The number of benzene rings is 1. The van der Waals surface area contributed by atoms with Crippen molar-refractivity contribution in [1.29, 1.82) is 0 Å². The van der Waals surface area contributed by atoms with Crippen LogP contribution in [0.3, 0.4) is 0 Å². The molecule has 78 valence electrons. The maximum absolute atomic E-state index is 3.66. The first-order chi connectivity index (χ1) is 6.70. The largest absolute Gasteiger partial charge is 0.0654 e. The van der Waals surface area contributed by atoms with E-state index in [1.165, 1.54) is 39.3 Å². The molecule has 0 amide bonds. The topological polar surface area (TPSA) is 0 Å². The molecule has 1 aromatic carbocycles. The molecule has 0 aliphatic carbocycles. The lowest BCUT2D eigenvalue weighted by atomic mass is 10.1. The predicted molar refractivity (Wildman–Crippen MR) is 69.8 cm³/mol. The minimum atomic E-state index is 1.08. The SMILES string of the molecule is CCCCc1ccc(CC)c(Br)c1Br. The van der Waals surface area contributed by atoms with Gasteiger partial charge in [-0.15, -0.1) is 0 Å². The van der Waals surface area contributed by atoms with Gasteiger partial charge < -0.3 is 0 Å². The molecule has 0 aromatic heterocycles. The third-order valence-electron chi connectivity index (χ3n) is 2.42. The van der Waals surface area contributed by atoms with Gasteiger partial charge in [-0.25, -0.2) is 0 Å². The van der Waals surface area contributed by atoms with Crippen LogP contribution in [-0.4, -0.2) is 0 Å². The van der Waals surface area contributed by atoms with Crippen LogP contribution in [0, 0.1) is 0 Å². The third-order valence-corrected chi connectivity index (χ3v) is 4.77. The summed E-state index contributed by atoms with van der Waals surface area (Å²) in [4.78, 5) is 0. The average molecular weight is 320 g/mol. The lowest BCUT2D eigenvalue weighted by Crippen LogP contribution is -1.91. The number of unbranched alkanes of at least 4 members (excludes halogenated alkanes) is 1. The highest BCUT2D eigenvalue weighted by molar-refractivity contribution is 9.13. The van der Waals surface area contributed by atoms with Crippen molar-refractivity contribution in [2.45, 2.75) is 39.5 Å². The van der Waals surface area contributed by atoms with Crippen LogP contribution in [-0.2, 0) is 12.8 Å². The highest BCUT2D eigenvalue weighted by Crippen LogP contribution is 2.31. The first-order valence-electron chi connectivity index (χ1n) is 5.16. The van der Waals surface area contributed by atoms with Crippen molar-refractivity contribution >= 4 is 31.9 Å². The summed E-state index contributed by atoms with van der Waals surface area (Å²) in [6.45, 7) is 4.40. The van der Waals surface area contributed by atoms with Gasteiger partial charge in [0.2, 0.25) is 0 Å². The zero-order valence-electron chi connectivity index (χ0n) is 8.74. The van der Waals surface area contributed by atoms with E-state index in [1.54, 1.807) is 0 Å². The van der Waals surface area contributed by atoms with Crippen LogP contribution >= 0.6 is 31.9 Å². The maximum atomic E-state index is 3.66. The van der Waals surface area contributed by atoms with Crippen molar-refractivity contribution in [3.8, 4) is 0 Å². The van der Waals surface area contributed by atoms with Crippen LogP contribution in [0.4, 0.5) is 0 Å². The van der Waals surface area contributed by atoms with Gasteiger partial charge in [-0.1, -0.05) is 32.4 Å². The van der Waals surface area contributed by atoms with Crippen LogP contribution < -0.4 is 0 Å². The van der Waals surface area contributed by atoms with E-state index < -0.39 is 0 Å². The fourth-order valence-corrected chi connectivity index (χ4v) is 2.72. The lowest BCUT2D eigenvalue weighted by Gasteiger charge is -2.09. The second kappa shape index (κ2) is 5.92. The van der Waals surface area contributed by atoms with Gasteiger partial charge in [0, 0.05) is 8.95 Å². The van der Waals surface area contributed by atoms with Gasteiger partial charge in [-0.05, 0) is 62.2 Å². The van der Waals surface area contributed by atoms with Crippen molar-refractivity contribution in [2.75, 3.05) is 0 Å². The maximum Gasteiger partial charge on any atom is 0.0352 e. The van der Waals surface area contributed by atoms with Crippen molar-refractivity contribution in [2.24, 2.45) is 0 Å². The minimum Gasteiger partial charge on any atom is -0.0654 e. The summed E-state index contributed by atoms with van der Waals surface area (Å²) in [5, 5.41) is 0. The van der Waals surface area contributed by atoms with Crippen molar-refractivity contribution < 1.29 is 0 Å². The Kier molecular flexibility index (Phi) is 5.18. The Bertz CT molecular complexity index is 305. The van der Waals surface area contributed by atoms with E-state index in [4.69, 9.17) is 0 Å². The normalized spacial score (nSPS) is 10.6. The van der Waals surface area contributed by atoms with Crippen LogP contribution in [0.15, 0.2) is 21.1 Å². The molecule has 1 rings (SSSR count). The van der Waals surface area contributed by atoms with E-state index >= 15 is 0 Å². The standard InChI is InChI=1S/C12H16Br2/c1-3-5-6-10-8-7-9(4-2)11(13)12(10)14/h7-8H,3-6H2,1-2H3. The zero-order chi connectivity index (χ0) is 10.6. The van der Waals surface area contributed by atoms with E-state index in [1.807, 2.05) is 0 Å². The van der Waals surface area contributed by atoms with E-state index in [0.29, 0.717) is 0 Å². The zero-order valence-corrected chi connectivity index (χ0v) is 11.9. The molecule has 0 nitrogen and oxygen atoms in total. The van der Waals surface area contributed by atoms with Crippen LogP contribution in [0.25, 0.3) is 0 Å². The number of hydrogen-bond donors (Lipinski definition) is 0. The fourth-order valence-electron chi connectivity index (χ4n) is 1.46. The molecule has 0 fully saturated rings. The molecule has 1 aromatic rings. The molecular formula is C12H16Br2. The summed E-state index contributed by atoms with van der Waals surface area (Å²) in [7, 11) is 0. The molecule has 0 saturated carbocycles. The summed E-state index contributed by atoms with van der Waals surface area (Å²) in [5.74, 6) is 0. The lowest BCUT2D eigenvalue weighted by molar-refractivity contribution is 0.791. The van der Waals surface area contributed by atoms with Gasteiger partial charge in [0.15, 0.2) is 0 Å². The molecule has 0 radical (unpaired) electrons.